The number of rotatable bonds is 5. The standard InChI is InChI=1S/C12H13F2N3S/c1-9-15-12(18-16-9)17(8-11(13)14)7-10-5-3-2-4-6-10/h2-6,11H,7-8H2,1H3. The SMILES string of the molecule is Cc1nsc(N(Cc2ccccc2)CC(F)F)n1. The third kappa shape index (κ3) is 3.46. The summed E-state index contributed by atoms with van der Waals surface area (Å²) >= 11 is 1.15. The summed E-state index contributed by atoms with van der Waals surface area (Å²) in [4.78, 5) is 5.72. The second-order valence-electron chi connectivity index (χ2n) is 3.88. The van der Waals surface area contributed by atoms with Gasteiger partial charge >= 0.3 is 0 Å². The van der Waals surface area contributed by atoms with Crippen LogP contribution < -0.4 is 4.90 Å². The Morgan fingerprint density at radius 2 is 2.00 bits per heavy atom. The molecule has 0 saturated heterocycles. The van der Waals surface area contributed by atoms with Crippen LogP contribution >= 0.6 is 11.5 Å². The van der Waals surface area contributed by atoms with Crippen LogP contribution in [0.4, 0.5) is 13.9 Å². The van der Waals surface area contributed by atoms with Crippen molar-refractivity contribution in [3.63, 3.8) is 0 Å². The lowest BCUT2D eigenvalue weighted by Crippen LogP contribution is -2.28. The van der Waals surface area contributed by atoms with Gasteiger partial charge in [0.25, 0.3) is 6.43 Å². The van der Waals surface area contributed by atoms with E-state index in [0.29, 0.717) is 17.5 Å². The third-order valence-corrected chi connectivity index (χ3v) is 3.23. The Hall–Kier alpha value is -1.56. The first kappa shape index (κ1) is 12.9. The number of nitrogens with zero attached hydrogens (tertiary/aromatic N) is 3. The van der Waals surface area contributed by atoms with Crippen LogP contribution in [-0.2, 0) is 6.54 Å². The van der Waals surface area contributed by atoms with E-state index in [1.165, 1.54) is 0 Å². The van der Waals surface area contributed by atoms with E-state index in [4.69, 9.17) is 0 Å². The molecule has 3 nitrogen and oxygen atoms in total. The maximum atomic E-state index is 12.6. The Bertz CT molecular complexity index is 487. The van der Waals surface area contributed by atoms with Gasteiger partial charge in [-0.25, -0.2) is 13.8 Å². The van der Waals surface area contributed by atoms with Crippen molar-refractivity contribution in [3.05, 3.63) is 41.7 Å². The van der Waals surface area contributed by atoms with Crippen molar-refractivity contribution in [2.45, 2.75) is 19.9 Å². The Morgan fingerprint density at radius 3 is 2.56 bits per heavy atom. The smallest absolute Gasteiger partial charge is 0.255 e. The van der Waals surface area contributed by atoms with Crippen LogP contribution in [-0.4, -0.2) is 22.3 Å². The number of anilines is 1. The van der Waals surface area contributed by atoms with Gasteiger partial charge in [0.1, 0.15) is 5.82 Å². The molecule has 0 fully saturated rings. The van der Waals surface area contributed by atoms with Gasteiger partial charge in [-0.15, -0.1) is 0 Å². The predicted molar refractivity (Wildman–Crippen MR) is 68.1 cm³/mol. The van der Waals surface area contributed by atoms with Gasteiger partial charge in [-0.2, -0.15) is 4.37 Å². The Balaban J connectivity index is 2.15. The first-order valence-electron chi connectivity index (χ1n) is 5.52. The maximum Gasteiger partial charge on any atom is 0.255 e. The summed E-state index contributed by atoms with van der Waals surface area (Å²) in [6.45, 7) is 1.84. The Kier molecular flexibility index (Phi) is 4.19. The zero-order valence-electron chi connectivity index (χ0n) is 9.88. The highest BCUT2D eigenvalue weighted by Gasteiger charge is 2.16. The lowest BCUT2D eigenvalue weighted by atomic mass is 10.2. The summed E-state index contributed by atoms with van der Waals surface area (Å²) in [5.41, 5.74) is 0.978. The minimum absolute atomic E-state index is 0.330. The summed E-state index contributed by atoms with van der Waals surface area (Å²) in [7, 11) is 0. The highest BCUT2D eigenvalue weighted by atomic mass is 32.1. The number of aromatic nitrogens is 2. The average molecular weight is 269 g/mol. The second kappa shape index (κ2) is 5.86. The lowest BCUT2D eigenvalue weighted by molar-refractivity contribution is 0.154. The van der Waals surface area contributed by atoms with E-state index in [1.54, 1.807) is 11.8 Å². The van der Waals surface area contributed by atoms with Gasteiger partial charge in [0.2, 0.25) is 5.13 Å². The summed E-state index contributed by atoms with van der Waals surface area (Å²) in [6.07, 6.45) is -2.39. The molecular formula is C12H13F2N3S. The molecule has 1 aromatic carbocycles. The van der Waals surface area contributed by atoms with E-state index >= 15 is 0 Å². The first-order chi connectivity index (χ1) is 8.65. The van der Waals surface area contributed by atoms with Crippen molar-refractivity contribution in [1.82, 2.24) is 9.36 Å². The topological polar surface area (TPSA) is 29.0 Å². The van der Waals surface area contributed by atoms with E-state index in [0.717, 1.165) is 17.1 Å². The van der Waals surface area contributed by atoms with Crippen LogP contribution in [0.2, 0.25) is 0 Å². The summed E-state index contributed by atoms with van der Waals surface area (Å²) in [5.74, 6) is 0.613. The number of hydrogen-bond acceptors (Lipinski definition) is 4. The lowest BCUT2D eigenvalue weighted by Gasteiger charge is -2.20. The fraction of sp³-hybridized carbons (Fsp3) is 0.333. The minimum Gasteiger partial charge on any atom is -0.337 e. The van der Waals surface area contributed by atoms with Crippen molar-refractivity contribution >= 4 is 16.7 Å². The molecule has 6 heteroatoms. The fourth-order valence-electron chi connectivity index (χ4n) is 1.60. The molecule has 1 heterocycles. The van der Waals surface area contributed by atoms with Gasteiger partial charge in [-0.3, -0.25) is 0 Å². The van der Waals surface area contributed by atoms with E-state index in [1.807, 2.05) is 30.3 Å². The van der Waals surface area contributed by atoms with Crippen LogP contribution in [0.25, 0.3) is 0 Å². The molecule has 0 aliphatic heterocycles. The van der Waals surface area contributed by atoms with E-state index in [-0.39, 0.29) is 6.54 Å². The summed E-state index contributed by atoms with van der Waals surface area (Å²) < 4.78 is 29.2. The second-order valence-corrected chi connectivity index (χ2v) is 4.61. The van der Waals surface area contributed by atoms with Gasteiger partial charge < -0.3 is 4.90 Å². The van der Waals surface area contributed by atoms with E-state index < -0.39 is 6.43 Å². The van der Waals surface area contributed by atoms with Crippen molar-refractivity contribution in [1.29, 1.82) is 0 Å². The molecule has 0 atom stereocenters. The summed E-state index contributed by atoms with van der Waals surface area (Å²) in [5, 5.41) is 0.539. The van der Waals surface area contributed by atoms with Gasteiger partial charge in [0.15, 0.2) is 0 Å². The quantitative estimate of drug-likeness (QED) is 0.835. The van der Waals surface area contributed by atoms with Crippen LogP contribution in [0.3, 0.4) is 0 Å². The molecule has 0 aliphatic carbocycles. The summed E-state index contributed by atoms with van der Waals surface area (Å²) in [6, 6.07) is 9.50. The first-order valence-corrected chi connectivity index (χ1v) is 6.30. The van der Waals surface area contributed by atoms with Crippen LogP contribution in [0, 0.1) is 6.92 Å². The third-order valence-electron chi connectivity index (χ3n) is 2.36. The molecule has 18 heavy (non-hydrogen) atoms. The van der Waals surface area contributed by atoms with Gasteiger partial charge in [0, 0.05) is 18.1 Å². The molecular weight excluding hydrogens is 256 g/mol. The molecule has 0 amide bonds. The van der Waals surface area contributed by atoms with Crippen molar-refractivity contribution in [2.75, 3.05) is 11.4 Å². The molecule has 0 radical (unpaired) electrons. The molecule has 0 spiro atoms. The largest absolute Gasteiger partial charge is 0.337 e. The zero-order valence-corrected chi connectivity index (χ0v) is 10.7. The normalized spacial score (nSPS) is 10.9. The minimum atomic E-state index is -2.39. The van der Waals surface area contributed by atoms with E-state index in [9.17, 15) is 8.78 Å². The van der Waals surface area contributed by atoms with Crippen molar-refractivity contribution in [3.8, 4) is 0 Å². The highest BCUT2D eigenvalue weighted by molar-refractivity contribution is 7.09. The van der Waals surface area contributed by atoms with Gasteiger partial charge in [-0.1, -0.05) is 30.3 Å². The molecule has 0 N–H and O–H groups in total. The fourth-order valence-corrected chi connectivity index (χ4v) is 2.28. The Labute approximate surface area is 108 Å². The van der Waals surface area contributed by atoms with Gasteiger partial charge in [-0.05, 0) is 12.5 Å². The average Bonchev–Trinajstić information content (AvgIpc) is 2.76. The highest BCUT2D eigenvalue weighted by Crippen LogP contribution is 2.20. The Morgan fingerprint density at radius 1 is 1.28 bits per heavy atom. The number of hydrogen-bond donors (Lipinski definition) is 0. The molecule has 0 aliphatic rings. The molecule has 0 unspecified atom stereocenters. The molecule has 96 valence electrons. The number of aryl methyl sites for hydroxylation is 1. The van der Waals surface area contributed by atoms with Crippen LogP contribution in [0.1, 0.15) is 11.4 Å². The number of benzene rings is 1. The zero-order chi connectivity index (χ0) is 13.0. The van der Waals surface area contributed by atoms with E-state index in [2.05, 4.69) is 9.36 Å². The van der Waals surface area contributed by atoms with Crippen molar-refractivity contribution in [2.24, 2.45) is 0 Å². The van der Waals surface area contributed by atoms with Gasteiger partial charge in [0.05, 0.1) is 6.54 Å². The molecule has 2 rings (SSSR count). The molecule has 0 bridgehead atoms. The molecule has 0 saturated carbocycles. The van der Waals surface area contributed by atoms with Crippen LogP contribution in [0.15, 0.2) is 30.3 Å². The monoisotopic (exact) mass is 269 g/mol. The van der Waals surface area contributed by atoms with Crippen molar-refractivity contribution < 1.29 is 8.78 Å². The number of halogens is 2. The molecule has 1 aromatic heterocycles. The predicted octanol–water partition coefficient (Wildman–Crippen LogP) is 3.12. The van der Waals surface area contributed by atoms with Crippen LogP contribution in [0.5, 0.6) is 0 Å². The molecule has 2 aromatic rings. The maximum absolute atomic E-state index is 12.6. The number of alkyl halides is 2.